The maximum atomic E-state index is 13.9. The Kier molecular flexibility index (Phi) is 6.69. The van der Waals surface area contributed by atoms with E-state index in [1.807, 2.05) is 6.92 Å². The number of rotatable bonds is 3. The molecular formula is C18H28F6N4O. The molecule has 3 fully saturated rings. The molecule has 3 rings (SSSR count). The van der Waals surface area contributed by atoms with Crippen LogP contribution in [0.2, 0.25) is 0 Å². The minimum Gasteiger partial charge on any atom is -0.353 e. The van der Waals surface area contributed by atoms with Crippen molar-refractivity contribution in [3.8, 4) is 0 Å². The van der Waals surface area contributed by atoms with Gasteiger partial charge in [0.15, 0.2) is 0 Å². The van der Waals surface area contributed by atoms with Crippen LogP contribution < -0.4 is 16.1 Å². The third-order valence-corrected chi connectivity index (χ3v) is 6.42. The Bertz CT molecular complexity index is 584. The molecule has 5 nitrogen and oxygen atoms in total. The number of hydrazine groups is 1. The zero-order valence-corrected chi connectivity index (χ0v) is 16.2. The van der Waals surface area contributed by atoms with Crippen molar-refractivity contribution in [2.45, 2.75) is 82.0 Å². The first-order chi connectivity index (χ1) is 13.5. The van der Waals surface area contributed by atoms with Crippen LogP contribution in [0.5, 0.6) is 0 Å². The second-order valence-electron chi connectivity index (χ2n) is 8.47. The number of carbonyl (C=O) groups excluding carboxylic acids is 1. The zero-order chi connectivity index (χ0) is 21.4. The Labute approximate surface area is 165 Å². The van der Waals surface area contributed by atoms with E-state index in [1.54, 1.807) is 0 Å². The summed E-state index contributed by atoms with van der Waals surface area (Å²) in [6, 6.07) is -4.86. The number of alkyl halides is 6. The van der Waals surface area contributed by atoms with Gasteiger partial charge in [-0.3, -0.25) is 10.2 Å². The van der Waals surface area contributed by atoms with Crippen molar-refractivity contribution in [2.75, 3.05) is 13.1 Å². The third-order valence-electron chi connectivity index (χ3n) is 6.42. The Morgan fingerprint density at radius 2 is 1.72 bits per heavy atom. The molecule has 0 aromatic rings. The summed E-state index contributed by atoms with van der Waals surface area (Å²) in [6.45, 7) is 1.79. The summed E-state index contributed by atoms with van der Waals surface area (Å²) in [6.07, 6.45) is -5.94. The van der Waals surface area contributed by atoms with Gasteiger partial charge in [0.2, 0.25) is 5.91 Å². The molecule has 0 aromatic carbocycles. The standard InChI is InChI=1S/C18H28F6N4O/c1-10-4-2-3-5-13(10)28-15(18(22,23)24)12(9-26-28)16(29)27-11-6-7-25-14(8-11)17(19,20)21/h10-15,25-26H,2-9H2,1H3,(H,27,29). The number of piperidine rings is 1. The zero-order valence-electron chi connectivity index (χ0n) is 16.2. The van der Waals surface area contributed by atoms with Crippen molar-refractivity contribution >= 4 is 5.91 Å². The normalized spacial score (nSPS) is 37.5. The van der Waals surface area contributed by atoms with E-state index in [0.29, 0.717) is 6.42 Å². The van der Waals surface area contributed by atoms with Crippen molar-refractivity contribution in [1.82, 2.24) is 21.1 Å². The smallest absolute Gasteiger partial charge is 0.353 e. The molecule has 2 saturated heterocycles. The fraction of sp³-hybridized carbons (Fsp3) is 0.944. The highest BCUT2D eigenvalue weighted by molar-refractivity contribution is 5.80. The van der Waals surface area contributed by atoms with Gasteiger partial charge in [0, 0.05) is 18.6 Å². The van der Waals surface area contributed by atoms with Crippen LogP contribution in [0, 0.1) is 11.8 Å². The maximum absolute atomic E-state index is 13.9. The van der Waals surface area contributed by atoms with Gasteiger partial charge in [-0.05, 0) is 38.1 Å². The number of halogens is 6. The van der Waals surface area contributed by atoms with E-state index in [9.17, 15) is 31.1 Å². The first-order valence-corrected chi connectivity index (χ1v) is 10.2. The minimum absolute atomic E-state index is 0.0481. The van der Waals surface area contributed by atoms with Crippen LogP contribution in [-0.2, 0) is 4.79 Å². The summed E-state index contributed by atoms with van der Waals surface area (Å²) in [5.74, 6) is -2.15. The molecule has 6 atom stereocenters. The highest BCUT2D eigenvalue weighted by atomic mass is 19.4. The molecule has 1 amide bonds. The largest absolute Gasteiger partial charge is 0.406 e. The fourth-order valence-corrected chi connectivity index (χ4v) is 4.87. The SMILES string of the molecule is CC1CCCCC1N1NCC(C(=O)NC2CCNC(C(F)(F)F)C2)C1C(F)(F)F. The van der Waals surface area contributed by atoms with Gasteiger partial charge in [-0.2, -0.15) is 26.3 Å². The monoisotopic (exact) mass is 430 g/mol. The summed E-state index contributed by atoms with van der Waals surface area (Å²) in [5.41, 5.74) is 2.77. The van der Waals surface area contributed by atoms with Crippen molar-refractivity contribution in [1.29, 1.82) is 0 Å². The van der Waals surface area contributed by atoms with Crippen molar-refractivity contribution in [3.05, 3.63) is 0 Å². The molecule has 3 aliphatic rings. The van der Waals surface area contributed by atoms with E-state index in [2.05, 4.69) is 16.1 Å². The van der Waals surface area contributed by atoms with E-state index in [1.165, 1.54) is 5.01 Å². The average Bonchev–Trinajstić information content (AvgIpc) is 3.07. The van der Waals surface area contributed by atoms with E-state index in [-0.39, 0.29) is 37.9 Å². The van der Waals surface area contributed by atoms with E-state index < -0.39 is 42.3 Å². The highest BCUT2D eigenvalue weighted by Crippen LogP contribution is 2.38. The average molecular weight is 430 g/mol. The molecular weight excluding hydrogens is 402 g/mol. The lowest BCUT2D eigenvalue weighted by Crippen LogP contribution is -2.58. The van der Waals surface area contributed by atoms with Gasteiger partial charge in [-0.15, -0.1) is 0 Å². The molecule has 2 heterocycles. The van der Waals surface area contributed by atoms with Crippen LogP contribution >= 0.6 is 0 Å². The molecule has 168 valence electrons. The van der Waals surface area contributed by atoms with Crippen LogP contribution in [-0.4, -0.2) is 60.5 Å². The third kappa shape index (κ3) is 5.16. The molecule has 1 saturated carbocycles. The van der Waals surface area contributed by atoms with Gasteiger partial charge < -0.3 is 10.6 Å². The summed E-state index contributed by atoms with van der Waals surface area (Å²) < 4.78 is 80.4. The van der Waals surface area contributed by atoms with Crippen LogP contribution in [0.1, 0.15) is 45.4 Å². The number of nitrogens with one attached hydrogen (secondary N) is 3. The summed E-state index contributed by atoms with van der Waals surface area (Å²) in [4.78, 5) is 12.7. The minimum atomic E-state index is -4.62. The topological polar surface area (TPSA) is 56.4 Å². The van der Waals surface area contributed by atoms with Gasteiger partial charge in [0.1, 0.15) is 12.1 Å². The highest BCUT2D eigenvalue weighted by Gasteiger charge is 2.56. The van der Waals surface area contributed by atoms with Gasteiger partial charge in [0.25, 0.3) is 0 Å². The Hall–Kier alpha value is -1.07. The van der Waals surface area contributed by atoms with Crippen LogP contribution in [0.15, 0.2) is 0 Å². The number of carbonyl (C=O) groups is 1. The molecule has 6 unspecified atom stereocenters. The first kappa shape index (κ1) is 22.6. The van der Waals surface area contributed by atoms with Gasteiger partial charge in [0.05, 0.1) is 5.92 Å². The van der Waals surface area contributed by atoms with Gasteiger partial charge in [-0.25, -0.2) is 5.01 Å². The molecule has 11 heteroatoms. The quantitative estimate of drug-likeness (QED) is 0.603. The number of amides is 1. The number of hydrogen-bond acceptors (Lipinski definition) is 4. The fourth-order valence-electron chi connectivity index (χ4n) is 4.87. The molecule has 3 N–H and O–H groups in total. The second-order valence-corrected chi connectivity index (χ2v) is 8.47. The molecule has 0 bridgehead atoms. The maximum Gasteiger partial charge on any atom is 0.406 e. The van der Waals surface area contributed by atoms with E-state index >= 15 is 0 Å². The molecule has 0 radical (unpaired) electrons. The molecule has 0 aromatic heterocycles. The van der Waals surface area contributed by atoms with Gasteiger partial charge in [-0.1, -0.05) is 19.8 Å². The molecule has 29 heavy (non-hydrogen) atoms. The van der Waals surface area contributed by atoms with E-state index in [0.717, 1.165) is 19.3 Å². The van der Waals surface area contributed by atoms with Crippen LogP contribution in [0.3, 0.4) is 0 Å². The first-order valence-electron chi connectivity index (χ1n) is 10.2. The number of nitrogens with zero attached hydrogens (tertiary/aromatic N) is 1. The summed E-state index contributed by atoms with van der Waals surface area (Å²) in [7, 11) is 0. The van der Waals surface area contributed by atoms with Crippen molar-refractivity contribution < 1.29 is 31.1 Å². The Morgan fingerprint density at radius 1 is 1.03 bits per heavy atom. The summed E-state index contributed by atoms with van der Waals surface area (Å²) >= 11 is 0. The Morgan fingerprint density at radius 3 is 2.34 bits per heavy atom. The van der Waals surface area contributed by atoms with Gasteiger partial charge >= 0.3 is 12.4 Å². The Balaban J connectivity index is 1.69. The lowest BCUT2D eigenvalue weighted by atomic mass is 9.84. The predicted octanol–water partition coefficient (Wildman–Crippen LogP) is 2.73. The van der Waals surface area contributed by atoms with Crippen molar-refractivity contribution in [2.24, 2.45) is 11.8 Å². The lowest BCUT2D eigenvalue weighted by molar-refractivity contribution is -0.200. The van der Waals surface area contributed by atoms with Crippen molar-refractivity contribution in [3.63, 3.8) is 0 Å². The molecule has 1 aliphatic carbocycles. The number of hydrogen-bond donors (Lipinski definition) is 3. The summed E-state index contributed by atoms with van der Waals surface area (Å²) in [5, 5.41) is 5.99. The van der Waals surface area contributed by atoms with Crippen LogP contribution in [0.25, 0.3) is 0 Å². The second kappa shape index (κ2) is 8.58. The van der Waals surface area contributed by atoms with E-state index in [4.69, 9.17) is 0 Å². The van der Waals surface area contributed by atoms with Crippen LogP contribution in [0.4, 0.5) is 26.3 Å². The lowest BCUT2D eigenvalue weighted by Gasteiger charge is -2.40. The molecule has 0 spiro atoms. The molecule has 2 aliphatic heterocycles. The predicted molar refractivity (Wildman–Crippen MR) is 93.6 cm³/mol.